The fraction of sp³-hybridized carbons (Fsp3) is 0.364. The molecule has 4 aromatic rings. The van der Waals surface area contributed by atoms with Gasteiger partial charge in [0.15, 0.2) is 0 Å². The monoisotopic (exact) mass is 466 g/mol. The van der Waals surface area contributed by atoms with E-state index in [-0.39, 0.29) is 10.4 Å². The summed E-state index contributed by atoms with van der Waals surface area (Å²) in [7, 11) is -3.66. The molecule has 2 aromatic carbocycles. The van der Waals surface area contributed by atoms with Crippen LogP contribution in [0.3, 0.4) is 0 Å². The van der Waals surface area contributed by atoms with Crippen molar-refractivity contribution in [1.29, 1.82) is 0 Å². The van der Waals surface area contributed by atoms with Gasteiger partial charge in [0.1, 0.15) is 21.7 Å². The van der Waals surface area contributed by atoms with Gasteiger partial charge in [0.05, 0.1) is 29.0 Å². The molecule has 0 amide bonds. The van der Waals surface area contributed by atoms with Gasteiger partial charge in [-0.1, -0.05) is 18.2 Å². The zero-order valence-corrected chi connectivity index (χ0v) is 19.0. The number of nitrogens with zero attached hydrogens (tertiary/aromatic N) is 6. The minimum absolute atomic E-state index is 0.271. The van der Waals surface area contributed by atoms with Gasteiger partial charge in [-0.2, -0.15) is 13.1 Å². The second-order valence-corrected chi connectivity index (χ2v) is 10.9. The average molecular weight is 467 g/mol. The predicted octanol–water partition coefficient (Wildman–Crippen LogP) is 3.46. The molecule has 2 fully saturated rings. The quantitative estimate of drug-likeness (QED) is 0.457. The van der Waals surface area contributed by atoms with Gasteiger partial charge in [0.25, 0.3) is 0 Å². The van der Waals surface area contributed by atoms with Crippen LogP contribution in [0, 0.1) is 0 Å². The first-order valence-corrected chi connectivity index (χ1v) is 12.9. The van der Waals surface area contributed by atoms with Crippen molar-refractivity contribution in [2.75, 3.05) is 24.5 Å². The Hall–Kier alpha value is -2.69. The summed E-state index contributed by atoms with van der Waals surface area (Å²) in [5, 5.41) is 0. The molecule has 2 aromatic heterocycles. The topological polar surface area (TPSA) is 92.2 Å². The van der Waals surface area contributed by atoms with Crippen LogP contribution in [-0.4, -0.2) is 56.6 Å². The van der Waals surface area contributed by atoms with Crippen LogP contribution < -0.4 is 4.90 Å². The minimum Gasteiger partial charge on any atom is -0.355 e. The highest BCUT2D eigenvalue weighted by Gasteiger charge is 2.49. The van der Waals surface area contributed by atoms with E-state index in [1.54, 1.807) is 22.5 Å². The van der Waals surface area contributed by atoms with Crippen LogP contribution in [-0.2, 0) is 10.0 Å². The molecule has 0 bridgehead atoms. The molecule has 6 rings (SSSR count). The highest BCUT2D eigenvalue weighted by Crippen LogP contribution is 2.43. The lowest BCUT2D eigenvalue weighted by molar-refractivity contribution is 0.192. The summed E-state index contributed by atoms with van der Waals surface area (Å²) in [6, 6.07) is 13.1. The van der Waals surface area contributed by atoms with E-state index < -0.39 is 10.0 Å². The number of para-hydroxylation sites is 2. The molecular weight excluding hydrogens is 444 g/mol. The molecule has 32 heavy (non-hydrogen) atoms. The van der Waals surface area contributed by atoms with Crippen molar-refractivity contribution in [1.82, 2.24) is 23.0 Å². The first-order valence-electron chi connectivity index (χ1n) is 10.8. The van der Waals surface area contributed by atoms with E-state index in [4.69, 9.17) is 4.98 Å². The maximum absolute atomic E-state index is 13.7. The molecule has 0 radical (unpaired) electrons. The van der Waals surface area contributed by atoms with Crippen LogP contribution in [0.2, 0.25) is 0 Å². The van der Waals surface area contributed by atoms with E-state index in [0.29, 0.717) is 17.6 Å². The highest BCUT2D eigenvalue weighted by atomic mass is 32.2. The molecule has 2 saturated heterocycles. The largest absolute Gasteiger partial charge is 0.355 e. The second kappa shape index (κ2) is 7.43. The molecule has 164 valence electrons. The van der Waals surface area contributed by atoms with E-state index in [2.05, 4.69) is 18.6 Å². The van der Waals surface area contributed by atoms with Crippen LogP contribution in [0.5, 0.6) is 0 Å². The molecule has 10 heteroatoms. The maximum Gasteiger partial charge on any atom is 0.245 e. The summed E-state index contributed by atoms with van der Waals surface area (Å²) in [6.45, 7) is 2.05. The van der Waals surface area contributed by atoms with Crippen molar-refractivity contribution in [3.63, 3.8) is 0 Å². The molecule has 4 heterocycles. The van der Waals surface area contributed by atoms with Gasteiger partial charge in [0.2, 0.25) is 10.0 Å². The Balaban J connectivity index is 1.28. The van der Waals surface area contributed by atoms with E-state index in [0.717, 1.165) is 67.4 Å². The summed E-state index contributed by atoms with van der Waals surface area (Å²) < 4.78 is 37.7. The second-order valence-electron chi connectivity index (χ2n) is 8.50. The number of anilines is 1. The summed E-state index contributed by atoms with van der Waals surface area (Å²) in [5.41, 5.74) is 2.51. The Bertz CT molecular complexity index is 1410. The number of sulfonamides is 1. The van der Waals surface area contributed by atoms with Crippen LogP contribution in [0.4, 0.5) is 5.82 Å². The van der Waals surface area contributed by atoms with E-state index in [9.17, 15) is 8.42 Å². The van der Waals surface area contributed by atoms with Crippen LogP contribution in [0.25, 0.3) is 22.1 Å². The minimum atomic E-state index is -3.66. The van der Waals surface area contributed by atoms with Gasteiger partial charge >= 0.3 is 0 Å². The summed E-state index contributed by atoms with van der Waals surface area (Å²) >= 11 is 1.05. The highest BCUT2D eigenvalue weighted by molar-refractivity contribution is 7.89. The summed E-state index contributed by atoms with van der Waals surface area (Å²) in [5.74, 6) is 0.851. The van der Waals surface area contributed by atoms with Crippen molar-refractivity contribution in [2.24, 2.45) is 0 Å². The number of rotatable bonds is 3. The van der Waals surface area contributed by atoms with Crippen molar-refractivity contribution >= 4 is 49.6 Å². The van der Waals surface area contributed by atoms with Gasteiger partial charge in [-0.15, -0.1) is 0 Å². The van der Waals surface area contributed by atoms with Gasteiger partial charge in [-0.05, 0) is 49.9 Å². The molecular formula is C22H22N6O2S2. The fourth-order valence-electron chi connectivity index (χ4n) is 5.15. The lowest BCUT2D eigenvalue weighted by Gasteiger charge is -2.44. The van der Waals surface area contributed by atoms with Gasteiger partial charge in [-0.25, -0.2) is 13.4 Å². The molecule has 0 saturated carbocycles. The number of hydrogen-bond donors (Lipinski definition) is 0. The molecule has 8 nitrogen and oxygen atoms in total. The Morgan fingerprint density at radius 1 is 0.875 bits per heavy atom. The van der Waals surface area contributed by atoms with Gasteiger partial charge < -0.3 is 4.90 Å². The van der Waals surface area contributed by atoms with Crippen molar-refractivity contribution in [3.05, 3.63) is 48.7 Å². The standard InChI is InChI=1S/C22H22N6O2S2/c29-32(30,19-8-3-7-18-21(19)26-31-25-18)28-12-4-9-22(28)10-13-27(14-11-22)20-15-23-16-5-1-2-6-17(16)24-20/h1-3,5-8,15H,4,9-14H2. The van der Waals surface area contributed by atoms with E-state index in [1.165, 1.54) is 0 Å². The SMILES string of the molecule is O=S(=O)(c1cccc2nsnc12)N1CCCC12CCN(c1cnc3ccccc3n1)CC2. The Labute approximate surface area is 190 Å². The third kappa shape index (κ3) is 3.08. The normalized spacial score (nSPS) is 19.3. The first-order chi connectivity index (χ1) is 15.6. The summed E-state index contributed by atoms with van der Waals surface area (Å²) in [4.78, 5) is 11.8. The van der Waals surface area contributed by atoms with Crippen LogP contribution in [0.15, 0.2) is 53.6 Å². The molecule has 0 aliphatic carbocycles. The Morgan fingerprint density at radius 2 is 1.66 bits per heavy atom. The van der Waals surface area contributed by atoms with Crippen molar-refractivity contribution < 1.29 is 8.42 Å². The molecule has 2 aliphatic rings. The van der Waals surface area contributed by atoms with Gasteiger partial charge in [0, 0.05) is 25.2 Å². The lowest BCUT2D eigenvalue weighted by atomic mass is 9.86. The van der Waals surface area contributed by atoms with E-state index >= 15 is 0 Å². The van der Waals surface area contributed by atoms with Crippen molar-refractivity contribution in [3.8, 4) is 0 Å². The molecule has 1 spiro atoms. The zero-order valence-electron chi connectivity index (χ0n) is 17.4. The van der Waals surface area contributed by atoms with Crippen LogP contribution >= 0.6 is 11.7 Å². The first kappa shape index (κ1) is 20.0. The lowest BCUT2D eigenvalue weighted by Crippen LogP contribution is -2.54. The van der Waals surface area contributed by atoms with Crippen LogP contribution in [0.1, 0.15) is 25.7 Å². The number of fused-ring (bicyclic) bond motifs is 2. The smallest absolute Gasteiger partial charge is 0.245 e. The molecule has 0 unspecified atom stereocenters. The molecule has 2 aliphatic heterocycles. The number of aromatic nitrogens is 4. The third-order valence-corrected chi connectivity index (χ3v) is 9.38. The number of hydrogen-bond acceptors (Lipinski definition) is 8. The Kier molecular flexibility index (Phi) is 4.63. The predicted molar refractivity (Wildman–Crippen MR) is 124 cm³/mol. The zero-order chi connectivity index (χ0) is 21.8. The molecule has 0 N–H and O–H groups in total. The summed E-state index contributed by atoms with van der Waals surface area (Å²) in [6.07, 6.45) is 5.12. The fourth-order valence-corrected chi connectivity index (χ4v) is 7.79. The maximum atomic E-state index is 13.7. The number of benzene rings is 2. The Morgan fingerprint density at radius 3 is 2.50 bits per heavy atom. The van der Waals surface area contributed by atoms with Gasteiger partial charge in [-0.3, -0.25) is 4.98 Å². The van der Waals surface area contributed by atoms with E-state index in [1.807, 2.05) is 30.5 Å². The average Bonchev–Trinajstić information content (AvgIpc) is 3.47. The number of piperidine rings is 1. The van der Waals surface area contributed by atoms with Crippen molar-refractivity contribution in [2.45, 2.75) is 36.1 Å². The molecule has 0 atom stereocenters. The third-order valence-electron chi connectivity index (χ3n) is 6.80.